The van der Waals surface area contributed by atoms with Gasteiger partial charge in [0.2, 0.25) is 0 Å². The summed E-state index contributed by atoms with van der Waals surface area (Å²) in [6.07, 6.45) is 4.29. The molecule has 7 heteroatoms. The Balaban J connectivity index is 0.00000192. The van der Waals surface area contributed by atoms with Gasteiger partial charge in [-0.1, -0.05) is 0 Å². The number of morpholine rings is 1. The summed E-state index contributed by atoms with van der Waals surface area (Å²) < 4.78 is 16.6. The quantitative estimate of drug-likeness (QED) is 0.752. The number of rotatable bonds is 6. The Kier molecular flexibility index (Phi) is 6.83. The molecule has 2 aromatic rings. The van der Waals surface area contributed by atoms with Gasteiger partial charge in [0.15, 0.2) is 11.5 Å². The van der Waals surface area contributed by atoms with Crippen molar-refractivity contribution in [2.24, 2.45) is 0 Å². The fraction of sp³-hybridized carbons (Fsp3) is 0.500. The molecule has 2 heterocycles. The standard InChI is InChI=1S/C16H21N3O3.ClH/c1-20-15-10-14-13(11-17-12-18-14)9-16(15)22-6-2-3-19-4-7-21-8-5-19;/h9-12H,2-8H2,1H3;1H. The highest BCUT2D eigenvalue weighted by molar-refractivity contribution is 5.85. The predicted octanol–water partition coefficient (Wildman–Crippen LogP) is 2.16. The van der Waals surface area contributed by atoms with Gasteiger partial charge < -0.3 is 14.2 Å². The Morgan fingerprint density at radius 3 is 2.83 bits per heavy atom. The molecule has 0 spiro atoms. The predicted molar refractivity (Wildman–Crippen MR) is 90.7 cm³/mol. The molecule has 0 saturated carbocycles. The summed E-state index contributed by atoms with van der Waals surface area (Å²) in [7, 11) is 1.64. The van der Waals surface area contributed by atoms with Crippen molar-refractivity contribution in [3.05, 3.63) is 24.7 Å². The molecule has 1 aromatic carbocycles. The van der Waals surface area contributed by atoms with E-state index in [0.717, 1.165) is 55.9 Å². The summed E-state index contributed by atoms with van der Waals surface area (Å²) in [5.74, 6) is 1.45. The Labute approximate surface area is 142 Å². The molecule has 6 nitrogen and oxygen atoms in total. The third-order valence-corrected chi connectivity index (χ3v) is 3.77. The number of aromatic nitrogens is 2. The van der Waals surface area contributed by atoms with E-state index >= 15 is 0 Å². The largest absolute Gasteiger partial charge is 0.493 e. The molecule has 1 aliphatic heterocycles. The van der Waals surface area contributed by atoms with Crippen LogP contribution in [0.15, 0.2) is 24.7 Å². The van der Waals surface area contributed by atoms with Gasteiger partial charge in [0.05, 0.1) is 32.4 Å². The summed E-state index contributed by atoms with van der Waals surface area (Å²) in [6, 6.07) is 3.82. The first kappa shape index (κ1) is 17.7. The molecule has 0 N–H and O–H groups in total. The van der Waals surface area contributed by atoms with Crippen LogP contribution in [0.5, 0.6) is 11.5 Å². The maximum absolute atomic E-state index is 5.89. The molecule has 1 saturated heterocycles. The van der Waals surface area contributed by atoms with E-state index in [1.165, 1.54) is 6.33 Å². The number of fused-ring (bicyclic) bond motifs is 1. The number of ether oxygens (including phenoxy) is 3. The van der Waals surface area contributed by atoms with Gasteiger partial charge in [-0.3, -0.25) is 4.90 Å². The lowest BCUT2D eigenvalue weighted by molar-refractivity contribution is 0.0357. The maximum atomic E-state index is 5.89. The Morgan fingerprint density at radius 2 is 2.04 bits per heavy atom. The second-order valence-corrected chi connectivity index (χ2v) is 5.24. The third-order valence-electron chi connectivity index (χ3n) is 3.77. The molecule has 0 amide bonds. The van der Waals surface area contributed by atoms with E-state index in [4.69, 9.17) is 14.2 Å². The highest BCUT2D eigenvalue weighted by atomic mass is 35.5. The van der Waals surface area contributed by atoms with Crippen molar-refractivity contribution in [1.29, 1.82) is 0 Å². The molecule has 23 heavy (non-hydrogen) atoms. The number of halogens is 1. The van der Waals surface area contributed by atoms with Crippen LogP contribution in [0.1, 0.15) is 6.42 Å². The van der Waals surface area contributed by atoms with Crippen LogP contribution in [0.2, 0.25) is 0 Å². The van der Waals surface area contributed by atoms with Crippen LogP contribution < -0.4 is 9.47 Å². The Hall–Kier alpha value is -1.63. The molecule has 1 aliphatic rings. The van der Waals surface area contributed by atoms with Crippen molar-refractivity contribution >= 4 is 23.3 Å². The summed E-state index contributed by atoms with van der Waals surface area (Å²) >= 11 is 0. The van der Waals surface area contributed by atoms with Crippen molar-refractivity contribution in [3.63, 3.8) is 0 Å². The summed E-state index contributed by atoms with van der Waals surface area (Å²) in [6.45, 7) is 5.38. The van der Waals surface area contributed by atoms with Gasteiger partial charge in [-0.2, -0.15) is 0 Å². The highest BCUT2D eigenvalue weighted by Crippen LogP contribution is 2.31. The number of nitrogens with zero attached hydrogens (tertiary/aromatic N) is 3. The molecular formula is C16H22ClN3O3. The minimum Gasteiger partial charge on any atom is -0.493 e. The smallest absolute Gasteiger partial charge is 0.162 e. The molecule has 0 aliphatic carbocycles. The highest BCUT2D eigenvalue weighted by Gasteiger charge is 2.11. The van der Waals surface area contributed by atoms with Crippen LogP contribution >= 0.6 is 12.4 Å². The molecule has 1 fully saturated rings. The van der Waals surface area contributed by atoms with Crippen LogP contribution in [0.25, 0.3) is 10.9 Å². The average Bonchev–Trinajstić information content (AvgIpc) is 2.59. The molecule has 0 atom stereocenters. The molecule has 3 rings (SSSR count). The fourth-order valence-electron chi connectivity index (χ4n) is 2.56. The zero-order valence-electron chi connectivity index (χ0n) is 13.2. The van der Waals surface area contributed by atoms with Crippen LogP contribution in [0.4, 0.5) is 0 Å². The monoisotopic (exact) mass is 339 g/mol. The normalized spacial score (nSPS) is 15.2. The van der Waals surface area contributed by atoms with Crippen LogP contribution in [0.3, 0.4) is 0 Å². The van der Waals surface area contributed by atoms with Gasteiger partial charge >= 0.3 is 0 Å². The third kappa shape index (κ3) is 4.67. The summed E-state index contributed by atoms with van der Waals surface area (Å²) in [5, 5.41) is 0.950. The lowest BCUT2D eigenvalue weighted by Crippen LogP contribution is -2.37. The van der Waals surface area contributed by atoms with Crippen molar-refractivity contribution in [2.75, 3.05) is 46.6 Å². The first-order chi connectivity index (χ1) is 10.9. The van der Waals surface area contributed by atoms with E-state index in [-0.39, 0.29) is 12.4 Å². The zero-order chi connectivity index (χ0) is 15.2. The van der Waals surface area contributed by atoms with E-state index in [9.17, 15) is 0 Å². The molecular weight excluding hydrogens is 318 g/mol. The van der Waals surface area contributed by atoms with Crippen LogP contribution in [-0.2, 0) is 4.74 Å². The molecule has 0 radical (unpaired) electrons. The lowest BCUT2D eigenvalue weighted by Gasteiger charge is -2.26. The topological polar surface area (TPSA) is 56.7 Å². The van der Waals surface area contributed by atoms with Crippen molar-refractivity contribution in [3.8, 4) is 11.5 Å². The van der Waals surface area contributed by atoms with Gasteiger partial charge in [-0.25, -0.2) is 9.97 Å². The SMILES string of the molecule is COc1cc2ncncc2cc1OCCCN1CCOCC1.Cl. The van der Waals surface area contributed by atoms with Crippen molar-refractivity contribution in [2.45, 2.75) is 6.42 Å². The van der Waals surface area contributed by atoms with Crippen molar-refractivity contribution in [1.82, 2.24) is 14.9 Å². The summed E-state index contributed by atoms with van der Waals surface area (Å²) in [4.78, 5) is 10.7. The maximum Gasteiger partial charge on any atom is 0.162 e. The van der Waals surface area contributed by atoms with Crippen LogP contribution in [-0.4, -0.2) is 61.4 Å². The molecule has 0 unspecified atom stereocenters. The van der Waals surface area contributed by atoms with Gasteiger partial charge in [-0.05, 0) is 12.5 Å². The minimum absolute atomic E-state index is 0. The second kappa shape index (κ2) is 8.86. The van der Waals surface area contributed by atoms with E-state index in [0.29, 0.717) is 12.4 Å². The number of methoxy groups -OCH3 is 1. The number of benzene rings is 1. The van der Waals surface area contributed by atoms with E-state index in [2.05, 4.69) is 14.9 Å². The number of hydrogen-bond donors (Lipinski definition) is 0. The Morgan fingerprint density at radius 1 is 1.22 bits per heavy atom. The molecule has 126 valence electrons. The van der Waals surface area contributed by atoms with Crippen molar-refractivity contribution < 1.29 is 14.2 Å². The van der Waals surface area contributed by atoms with E-state index in [1.54, 1.807) is 13.3 Å². The minimum atomic E-state index is 0. The Bertz CT molecular complexity index is 621. The van der Waals surface area contributed by atoms with E-state index in [1.807, 2.05) is 12.1 Å². The number of hydrogen-bond acceptors (Lipinski definition) is 6. The lowest BCUT2D eigenvalue weighted by atomic mass is 10.2. The molecule has 1 aromatic heterocycles. The first-order valence-electron chi connectivity index (χ1n) is 7.57. The summed E-state index contributed by atoms with van der Waals surface area (Å²) in [5.41, 5.74) is 0.854. The average molecular weight is 340 g/mol. The second-order valence-electron chi connectivity index (χ2n) is 5.24. The molecule has 0 bridgehead atoms. The zero-order valence-corrected chi connectivity index (χ0v) is 14.1. The van der Waals surface area contributed by atoms with Gasteiger partial charge in [-0.15, -0.1) is 12.4 Å². The van der Waals surface area contributed by atoms with Gasteiger partial charge in [0.1, 0.15) is 6.33 Å². The first-order valence-corrected chi connectivity index (χ1v) is 7.57. The van der Waals surface area contributed by atoms with E-state index < -0.39 is 0 Å². The van der Waals surface area contributed by atoms with Gasteiger partial charge in [0.25, 0.3) is 0 Å². The van der Waals surface area contributed by atoms with Gasteiger partial charge in [0, 0.05) is 37.3 Å². The fourth-order valence-corrected chi connectivity index (χ4v) is 2.56. The van der Waals surface area contributed by atoms with Crippen LogP contribution in [0, 0.1) is 0 Å².